The van der Waals surface area contributed by atoms with Crippen molar-refractivity contribution in [3.63, 3.8) is 0 Å². The molecular formula is C23H25N3O3S3. The minimum atomic E-state index is -3.57. The molecule has 0 fully saturated rings. The minimum absolute atomic E-state index is 0.203. The van der Waals surface area contributed by atoms with Gasteiger partial charge in [-0.3, -0.25) is 10.1 Å². The Labute approximate surface area is 197 Å². The summed E-state index contributed by atoms with van der Waals surface area (Å²) in [5.74, 6) is 0.526. The molecule has 1 aliphatic rings. The van der Waals surface area contributed by atoms with Crippen molar-refractivity contribution in [2.24, 2.45) is 0 Å². The Bertz CT molecular complexity index is 1210. The van der Waals surface area contributed by atoms with Crippen molar-refractivity contribution in [1.29, 1.82) is 0 Å². The quantitative estimate of drug-likeness (QED) is 0.455. The van der Waals surface area contributed by atoms with Gasteiger partial charge in [-0.15, -0.1) is 23.1 Å². The van der Waals surface area contributed by atoms with Crippen LogP contribution in [0.2, 0.25) is 0 Å². The molecule has 32 heavy (non-hydrogen) atoms. The molecule has 0 bridgehead atoms. The van der Waals surface area contributed by atoms with Crippen molar-refractivity contribution >= 4 is 44.2 Å². The van der Waals surface area contributed by atoms with E-state index in [1.54, 1.807) is 23.9 Å². The van der Waals surface area contributed by atoms with E-state index in [-0.39, 0.29) is 10.8 Å². The molecule has 1 aliphatic heterocycles. The van der Waals surface area contributed by atoms with Crippen LogP contribution in [-0.2, 0) is 15.8 Å². The van der Waals surface area contributed by atoms with Crippen LogP contribution in [0.15, 0.2) is 58.3 Å². The molecule has 0 atom stereocenters. The second-order valence-corrected chi connectivity index (χ2v) is 11.5. The molecule has 168 valence electrons. The van der Waals surface area contributed by atoms with Crippen LogP contribution in [0.25, 0.3) is 11.3 Å². The van der Waals surface area contributed by atoms with Crippen LogP contribution in [0.5, 0.6) is 0 Å². The molecule has 1 aromatic heterocycles. The lowest BCUT2D eigenvalue weighted by Gasteiger charge is -2.21. The van der Waals surface area contributed by atoms with Crippen molar-refractivity contribution in [3.05, 3.63) is 59.0 Å². The normalized spacial score (nSPS) is 13.0. The first-order chi connectivity index (χ1) is 15.4. The molecule has 4 rings (SSSR count). The van der Waals surface area contributed by atoms with Crippen molar-refractivity contribution in [2.75, 3.05) is 18.4 Å². The number of carbonyl (C=O) groups excluding carboxylic acids is 1. The van der Waals surface area contributed by atoms with Crippen LogP contribution in [0.3, 0.4) is 0 Å². The number of thiazole rings is 1. The van der Waals surface area contributed by atoms with Gasteiger partial charge in [0, 0.05) is 39.7 Å². The third kappa shape index (κ3) is 4.61. The van der Waals surface area contributed by atoms with E-state index in [0.717, 1.165) is 34.7 Å². The van der Waals surface area contributed by atoms with Gasteiger partial charge in [-0.2, -0.15) is 4.31 Å². The summed E-state index contributed by atoms with van der Waals surface area (Å²) in [4.78, 5) is 19.9. The summed E-state index contributed by atoms with van der Waals surface area (Å²) in [6.07, 6.45) is 1.50. The first kappa shape index (κ1) is 23.0. The van der Waals surface area contributed by atoms with Gasteiger partial charge < -0.3 is 0 Å². The predicted molar refractivity (Wildman–Crippen MR) is 131 cm³/mol. The number of sulfonamides is 1. The highest BCUT2D eigenvalue weighted by atomic mass is 32.2. The molecule has 1 N–H and O–H groups in total. The molecular weight excluding hydrogens is 462 g/mol. The summed E-state index contributed by atoms with van der Waals surface area (Å²) in [5.41, 5.74) is 2.41. The number of nitrogens with zero attached hydrogens (tertiary/aromatic N) is 2. The highest BCUT2D eigenvalue weighted by Crippen LogP contribution is 2.44. The van der Waals surface area contributed by atoms with Crippen LogP contribution in [0.4, 0.5) is 5.13 Å². The maximum Gasteiger partial charge on any atom is 0.257 e. The second kappa shape index (κ2) is 9.74. The van der Waals surface area contributed by atoms with Crippen LogP contribution in [0.1, 0.15) is 41.9 Å². The van der Waals surface area contributed by atoms with Gasteiger partial charge in [0.15, 0.2) is 5.13 Å². The van der Waals surface area contributed by atoms with Crippen LogP contribution in [-0.4, -0.2) is 36.7 Å². The third-order valence-electron chi connectivity index (χ3n) is 5.12. The number of rotatable bonds is 8. The molecule has 3 aromatic rings. The van der Waals surface area contributed by atoms with Crippen molar-refractivity contribution in [2.45, 2.75) is 42.2 Å². The van der Waals surface area contributed by atoms with E-state index in [2.05, 4.69) is 16.4 Å². The van der Waals surface area contributed by atoms with Crippen LogP contribution < -0.4 is 5.32 Å². The van der Waals surface area contributed by atoms with Gasteiger partial charge in [-0.1, -0.05) is 32.0 Å². The van der Waals surface area contributed by atoms with Gasteiger partial charge >= 0.3 is 0 Å². The van der Waals surface area contributed by atoms with Crippen molar-refractivity contribution < 1.29 is 13.2 Å². The SMILES string of the molecule is CCCN(CCC)S(=O)(=O)c1ccc(C(=O)Nc2nc3c(s2)CSc2ccccc2-3)cc1. The molecule has 1 amide bonds. The fourth-order valence-corrected chi connectivity index (χ4v) is 7.31. The van der Waals surface area contributed by atoms with Crippen molar-refractivity contribution in [3.8, 4) is 11.3 Å². The van der Waals surface area contributed by atoms with E-state index in [0.29, 0.717) is 23.8 Å². The van der Waals surface area contributed by atoms with E-state index >= 15 is 0 Å². The lowest BCUT2D eigenvalue weighted by Crippen LogP contribution is -2.32. The topological polar surface area (TPSA) is 79.4 Å². The maximum absolute atomic E-state index is 12.9. The lowest BCUT2D eigenvalue weighted by atomic mass is 10.1. The number of benzene rings is 2. The van der Waals surface area contributed by atoms with E-state index in [1.807, 2.05) is 32.0 Å². The van der Waals surface area contributed by atoms with Gasteiger partial charge in [0.05, 0.1) is 10.6 Å². The van der Waals surface area contributed by atoms with Gasteiger partial charge in [-0.25, -0.2) is 13.4 Å². The standard InChI is InChI=1S/C23H25N3O3S3/c1-3-13-26(14-4-2)32(28,29)17-11-9-16(10-12-17)22(27)25-23-24-21-18-7-5-6-8-19(18)30-15-20(21)31-23/h5-12H,3-4,13-15H2,1-2H3,(H,24,25,27). The molecule has 2 heterocycles. The highest BCUT2D eigenvalue weighted by molar-refractivity contribution is 7.98. The minimum Gasteiger partial charge on any atom is -0.298 e. The Morgan fingerprint density at radius 1 is 1.06 bits per heavy atom. The molecule has 0 spiro atoms. The summed E-state index contributed by atoms with van der Waals surface area (Å²) in [5, 5.41) is 3.41. The number of hydrogen-bond acceptors (Lipinski definition) is 6. The molecule has 0 saturated carbocycles. The zero-order chi connectivity index (χ0) is 22.7. The van der Waals surface area contributed by atoms with Gasteiger partial charge in [0.2, 0.25) is 10.0 Å². The average Bonchev–Trinajstić information content (AvgIpc) is 3.22. The third-order valence-corrected chi connectivity index (χ3v) is 9.29. The Morgan fingerprint density at radius 2 is 1.75 bits per heavy atom. The number of aromatic nitrogens is 1. The number of hydrogen-bond donors (Lipinski definition) is 1. The number of amides is 1. The van der Waals surface area contributed by atoms with E-state index in [1.165, 1.54) is 32.7 Å². The Kier molecular flexibility index (Phi) is 6.99. The molecule has 0 radical (unpaired) electrons. The number of thioether (sulfide) groups is 1. The summed E-state index contributed by atoms with van der Waals surface area (Å²) in [6, 6.07) is 14.2. The van der Waals surface area contributed by atoms with Crippen LogP contribution >= 0.6 is 23.1 Å². The number of anilines is 1. The summed E-state index contributed by atoms with van der Waals surface area (Å²) < 4.78 is 27.3. The largest absolute Gasteiger partial charge is 0.298 e. The molecule has 0 unspecified atom stereocenters. The number of fused-ring (bicyclic) bond motifs is 3. The van der Waals surface area contributed by atoms with Gasteiger partial charge in [0.25, 0.3) is 5.91 Å². The molecule has 6 nitrogen and oxygen atoms in total. The van der Waals surface area contributed by atoms with E-state index < -0.39 is 10.0 Å². The second-order valence-electron chi connectivity index (χ2n) is 7.46. The molecule has 9 heteroatoms. The van der Waals surface area contributed by atoms with E-state index in [4.69, 9.17) is 0 Å². The van der Waals surface area contributed by atoms with E-state index in [9.17, 15) is 13.2 Å². The Hall–Kier alpha value is -2.20. The summed E-state index contributed by atoms with van der Waals surface area (Å²) >= 11 is 3.25. The summed E-state index contributed by atoms with van der Waals surface area (Å²) in [7, 11) is -3.57. The number of carbonyl (C=O) groups is 1. The molecule has 0 saturated heterocycles. The van der Waals surface area contributed by atoms with Crippen molar-refractivity contribution in [1.82, 2.24) is 9.29 Å². The van der Waals surface area contributed by atoms with Gasteiger partial charge in [0.1, 0.15) is 0 Å². The molecule has 0 aliphatic carbocycles. The lowest BCUT2D eigenvalue weighted by molar-refractivity contribution is 0.102. The Balaban J connectivity index is 1.50. The first-order valence-electron chi connectivity index (χ1n) is 10.6. The molecule has 2 aromatic carbocycles. The fourth-order valence-electron chi connectivity index (χ4n) is 3.59. The zero-order valence-electron chi connectivity index (χ0n) is 18.0. The highest BCUT2D eigenvalue weighted by Gasteiger charge is 2.24. The monoisotopic (exact) mass is 487 g/mol. The summed E-state index contributed by atoms with van der Waals surface area (Å²) in [6.45, 7) is 4.88. The smallest absolute Gasteiger partial charge is 0.257 e. The average molecular weight is 488 g/mol. The maximum atomic E-state index is 12.9. The predicted octanol–water partition coefficient (Wildman–Crippen LogP) is 5.48. The number of nitrogens with one attached hydrogen (secondary N) is 1. The van der Waals surface area contributed by atoms with Crippen LogP contribution in [0, 0.1) is 0 Å². The first-order valence-corrected chi connectivity index (χ1v) is 13.8. The fraction of sp³-hybridized carbons (Fsp3) is 0.304. The van der Waals surface area contributed by atoms with Gasteiger partial charge in [-0.05, 0) is 43.2 Å². The Morgan fingerprint density at radius 3 is 2.44 bits per heavy atom. The zero-order valence-corrected chi connectivity index (χ0v) is 20.4.